The van der Waals surface area contributed by atoms with Gasteiger partial charge in [0.05, 0.1) is 11.3 Å². The van der Waals surface area contributed by atoms with Crippen molar-refractivity contribution in [3.8, 4) is 0 Å². The number of nitrogens with one attached hydrogen (secondary N) is 1. The Labute approximate surface area is 117 Å². The summed E-state index contributed by atoms with van der Waals surface area (Å²) in [6.07, 6.45) is 0.921. The van der Waals surface area contributed by atoms with Gasteiger partial charge in [-0.15, -0.1) is 0 Å². The van der Waals surface area contributed by atoms with E-state index < -0.39 is 5.82 Å². The summed E-state index contributed by atoms with van der Waals surface area (Å²) in [7, 11) is 0. The highest BCUT2D eigenvalue weighted by Crippen LogP contribution is 2.28. The molecule has 1 heterocycles. The summed E-state index contributed by atoms with van der Waals surface area (Å²) in [5, 5.41) is 7.59. The molecule has 0 amide bonds. The van der Waals surface area contributed by atoms with E-state index >= 15 is 0 Å². The third kappa shape index (κ3) is 2.13. The van der Waals surface area contributed by atoms with E-state index in [1.807, 2.05) is 18.2 Å². The molecule has 0 fully saturated rings. The third-order valence-corrected chi connectivity index (χ3v) is 3.73. The molecule has 0 aliphatic carbocycles. The molecule has 0 radical (unpaired) electrons. The topological polar surface area (TPSA) is 53.1 Å². The molecule has 20 heavy (non-hydrogen) atoms. The number of nitrogen functional groups attached to an aromatic ring is 1. The molecule has 4 heteroatoms. The van der Waals surface area contributed by atoms with Crippen LogP contribution >= 0.6 is 0 Å². The van der Waals surface area contributed by atoms with Crippen LogP contribution in [0.3, 0.4) is 0 Å². The molecule has 2 aromatic rings. The van der Waals surface area contributed by atoms with Gasteiger partial charge in [0.25, 0.3) is 0 Å². The normalized spacial score (nSPS) is 13.9. The molecule has 0 saturated carbocycles. The van der Waals surface area contributed by atoms with E-state index in [1.165, 1.54) is 17.2 Å². The number of anilines is 1. The van der Waals surface area contributed by atoms with Gasteiger partial charge in [-0.2, -0.15) is 0 Å². The fraction of sp³-hybridized carbons (Fsp3) is 0.188. The summed E-state index contributed by atoms with van der Waals surface area (Å²) in [5.41, 5.74) is 9.02. The van der Waals surface area contributed by atoms with Crippen LogP contribution in [-0.2, 0) is 13.0 Å². The van der Waals surface area contributed by atoms with Crippen molar-refractivity contribution < 1.29 is 4.39 Å². The van der Waals surface area contributed by atoms with Crippen LogP contribution in [0.1, 0.15) is 16.7 Å². The number of benzene rings is 2. The Kier molecular flexibility index (Phi) is 3.14. The van der Waals surface area contributed by atoms with E-state index in [9.17, 15) is 4.39 Å². The van der Waals surface area contributed by atoms with Crippen LogP contribution in [-0.4, -0.2) is 12.4 Å². The van der Waals surface area contributed by atoms with E-state index in [1.54, 1.807) is 6.07 Å². The zero-order valence-corrected chi connectivity index (χ0v) is 11.1. The second-order valence-corrected chi connectivity index (χ2v) is 4.99. The van der Waals surface area contributed by atoms with Gasteiger partial charge in [0.1, 0.15) is 11.7 Å². The van der Waals surface area contributed by atoms with Crippen LogP contribution < -0.4 is 10.6 Å². The molecule has 0 atom stereocenters. The largest absolute Gasteiger partial charge is 0.384 e. The van der Waals surface area contributed by atoms with Crippen molar-refractivity contribution in [2.75, 3.05) is 11.4 Å². The summed E-state index contributed by atoms with van der Waals surface area (Å²) in [5.74, 6) is -0.661. The first kappa shape index (κ1) is 12.7. The molecule has 3 rings (SSSR count). The summed E-state index contributed by atoms with van der Waals surface area (Å²) in [6.45, 7) is 1.53. The fourth-order valence-corrected chi connectivity index (χ4v) is 2.74. The molecule has 1 aliphatic heterocycles. The van der Waals surface area contributed by atoms with Crippen LogP contribution in [0.4, 0.5) is 10.1 Å². The number of fused-ring (bicyclic) bond motifs is 1. The number of nitrogens with zero attached hydrogens (tertiary/aromatic N) is 1. The monoisotopic (exact) mass is 269 g/mol. The first-order valence-electron chi connectivity index (χ1n) is 6.61. The molecule has 3 nitrogen and oxygen atoms in total. The lowest BCUT2D eigenvalue weighted by molar-refractivity contribution is 0.622. The first-order valence-corrected chi connectivity index (χ1v) is 6.61. The number of nitrogens with two attached hydrogens (primary N) is 1. The summed E-state index contributed by atoms with van der Waals surface area (Å²) in [6, 6.07) is 13.1. The standard InChI is InChI=1S/C16H16FN3/c17-13-6-3-7-14(15(13)16(18)19)20-9-8-11-4-1-2-5-12(11)10-20/h1-7H,8-10H2,(H3,18,19). The SMILES string of the molecule is N=C(N)c1c(F)cccc1N1CCc2ccccc2C1. The van der Waals surface area contributed by atoms with E-state index in [0.717, 1.165) is 19.5 Å². The van der Waals surface area contributed by atoms with Crippen LogP contribution in [0, 0.1) is 11.2 Å². The second kappa shape index (κ2) is 4.96. The Bertz CT molecular complexity index is 667. The first-order chi connectivity index (χ1) is 9.66. The summed E-state index contributed by atoms with van der Waals surface area (Å²) < 4.78 is 13.9. The van der Waals surface area contributed by atoms with E-state index in [2.05, 4.69) is 17.0 Å². The van der Waals surface area contributed by atoms with Gasteiger partial charge in [-0.1, -0.05) is 30.3 Å². The van der Waals surface area contributed by atoms with Crippen LogP contribution in [0.15, 0.2) is 42.5 Å². The summed E-state index contributed by atoms with van der Waals surface area (Å²) >= 11 is 0. The zero-order chi connectivity index (χ0) is 14.1. The van der Waals surface area contributed by atoms with Crippen molar-refractivity contribution in [3.05, 3.63) is 65.0 Å². The average Bonchev–Trinajstić information content (AvgIpc) is 2.46. The average molecular weight is 269 g/mol. The highest BCUT2D eigenvalue weighted by molar-refractivity contribution is 6.00. The van der Waals surface area contributed by atoms with Crippen LogP contribution in [0.5, 0.6) is 0 Å². The van der Waals surface area contributed by atoms with E-state index in [0.29, 0.717) is 5.69 Å². The number of hydrogen-bond acceptors (Lipinski definition) is 2. The van der Waals surface area contributed by atoms with E-state index in [4.69, 9.17) is 11.1 Å². The molecule has 0 saturated heterocycles. The predicted molar refractivity (Wildman–Crippen MR) is 78.6 cm³/mol. The van der Waals surface area contributed by atoms with Crippen LogP contribution in [0.25, 0.3) is 0 Å². The maximum atomic E-state index is 13.9. The molecule has 0 aromatic heterocycles. The third-order valence-electron chi connectivity index (χ3n) is 3.73. The maximum absolute atomic E-state index is 13.9. The molecule has 2 aromatic carbocycles. The van der Waals surface area contributed by atoms with Gasteiger partial charge < -0.3 is 10.6 Å². The zero-order valence-electron chi connectivity index (χ0n) is 11.1. The molecule has 0 spiro atoms. The minimum absolute atomic E-state index is 0.201. The minimum atomic E-state index is -0.436. The Balaban J connectivity index is 2.00. The lowest BCUT2D eigenvalue weighted by Crippen LogP contribution is -2.32. The Morgan fingerprint density at radius 1 is 1.10 bits per heavy atom. The number of halogens is 1. The highest BCUT2D eigenvalue weighted by Gasteiger charge is 2.21. The highest BCUT2D eigenvalue weighted by atomic mass is 19.1. The van der Waals surface area contributed by atoms with Crippen molar-refractivity contribution in [1.82, 2.24) is 0 Å². The van der Waals surface area contributed by atoms with Gasteiger partial charge in [-0.05, 0) is 29.7 Å². The fourth-order valence-electron chi connectivity index (χ4n) is 2.74. The van der Waals surface area contributed by atoms with Gasteiger partial charge in [0, 0.05) is 13.1 Å². The Hall–Kier alpha value is -2.36. The quantitative estimate of drug-likeness (QED) is 0.650. The molecule has 0 bridgehead atoms. The van der Waals surface area contributed by atoms with Crippen molar-refractivity contribution >= 4 is 11.5 Å². The number of hydrogen-bond donors (Lipinski definition) is 2. The molecular formula is C16H16FN3. The van der Waals surface area contributed by atoms with Gasteiger partial charge >= 0.3 is 0 Å². The lowest BCUT2D eigenvalue weighted by atomic mass is 9.98. The Morgan fingerprint density at radius 2 is 1.85 bits per heavy atom. The smallest absolute Gasteiger partial charge is 0.136 e. The second-order valence-electron chi connectivity index (χ2n) is 4.99. The van der Waals surface area contributed by atoms with Crippen molar-refractivity contribution in [1.29, 1.82) is 5.41 Å². The van der Waals surface area contributed by atoms with Crippen molar-refractivity contribution in [2.24, 2.45) is 5.73 Å². The van der Waals surface area contributed by atoms with Gasteiger partial charge in [0.15, 0.2) is 0 Å². The van der Waals surface area contributed by atoms with Gasteiger partial charge in [-0.3, -0.25) is 5.41 Å². The molecular weight excluding hydrogens is 253 g/mol. The number of amidine groups is 1. The van der Waals surface area contributed by atoms with Crippen molar-refractivity contribution in [2.45, 2.75) is 13.0 Å². The van der Waals surface area contributed by atoms with E-state index in [-0.39, 0.29) is 11.4 Å². The molecule has 1 aliphatic rings. The predicted octanol–water partition coefficient (Wildman–Crippen LogP) is 2.67. The maximum Gasteiger partial charge on any atom is 0.136 e. The van der Waals surface area contributed by atoms with Crippen LogP contribution in [0.2, 0.25) is 0 Å². The van der Waals surface area contributed by atoms with Gasteiger partial charge in [-0.25, -0.2) is 4.39 Å². The lowest BCUT2D eigenvalue weighted by Gasteiger charge is -2.32. The molecule has 102 valence electrons. The van der Waals surface area contributed by atoms with Crippen molar-refractivity contribution in [3.63, 3.8) is 0 Å². The van der Waals surface area contributed by atoms with Gasteiger partial charge in [0.2, 0.25) is 0 Å². The Morgan fingerprint density at radius 3 is 2.60 bits per heavy atom. The minimum Gasteiger partial charge on any atom is -0.384 e. The molecule has 0 unspecified atom stereocenters. The summed E-state index contributed by atoms with van der Waals surface area (Å²) in [4.78, 5) is 2.09. The molecule has 3 N–H and O–H groups in total. The number of rotatable bonds is 2.